The molecule has 0 aliphatic carbocycles. The van der Waals surface area contributed by atoms with Gasteiger partial charge in [0.2, 0.25) is 21.8 Å². The predicted octanol–water partition coefficient (Wildman–Crippen LogP) is 2.97. The van der Waals surface area contributed by atoms with Crippen LogP contribution in [-0.2, 0) is 26.0 Å². The first-order valence-corrected chi connectivity index (χ1v) is 12.8. The van der Waals surface area contributed by atoms with E-state index < -0.39 is 34.3 Å². The fraction of sp³-hybridized carbons (Fsp3) is 0.417. The van der Waals surface area contributed by atoms with Crippen LogP contribution in [0.3, 0.4) is 0 Å². The largest absolute Gasteiger partial charge is 0.352 e. The van der Waals surface area contributed by atoms with Crippen molar-refractivity contribution in [3.8, 4) is 0 Å². The molecule has 1 N–H and O–H groups in total. The lowest BCUT2D eigenvalue weighted by Crippen LogP contribution is -2.54. The van der Waals surface area contributed by atoms with Crippen molar-refractivity contribution in [3.05, 3.63) is 66.0 Å². The molecule has 0 aromatic heterocycles. The maximum atomic E-state index is 14.4. The van der Waals surface area contributed by atoms with E-state index in [2.05, 4.69) is 5.32 Å². The maximum Gasteiger partial charge on any atom is 0.244 e. The summed E-state index contributed by atoms with van der Waals surface area (Å²) in [7, 11) is -3.96. The minimum absolute atomic E-state index is 0.122. The van der Waals surface area contributed by atoms with Crippen molar-refractivity contribution in [2.45, 2.75) is 45.7 Å². The van der Waals surface area contributed by atoms with Gasteiger partial charge in [-0.2, -0.15) is 0 Å². The van der Waals surface area contributed by atoms with E-state index in [1.807, 2.05) is 44.2 Å². The van der Waals surface area contributed by atoms with Gasteiger partial charge in [0, 0.05) is 12.6 Å². The van der Waals surface area contributed by atoms with Crippen LogP contribution in [-0.4, -0.2) is 56.6 Å². The van der Waals surface area contributed by atoms with Crippen molar-refractivity contribution in [2.24, 2.45) is 0 Å². The molecule has 0 heterocycles. The lowest BCUT2D eigenvalue weighted by Gasteiger charge is -2.33. The number of halogens is 1. The minimum Gasteiger partial charge on any atom is -0.352 e. The molecule has 7 nitrogen and oxygen atoms in total. The Kier molecular flexibility index (Phi) is 9.40. The van der Waals surface area contributed by atoms with E-state index in [1.54, 1.807) is 6.92 Å². The number of carbonyl (C=O) groups is 2. The molecular weight excluding hydrogens is 445 g/mol. The quantitative estimate of drug-likeness (QED) is 0.539. The first-order valence-electron chi connectivity index (χ1n) is 10.9. The number of hydrogen-bond donors (Lipinski definition) is 1. The summed E-state index contributed by atoms with van der Waals surface area (Å²) < 4.78 is 40.0. The number of nitrogens with one attached hydrogen (secondary N) is 1. The van der Waals surface area contributed by atoms with Gasteiger partial charge in [0.1, 0.15) is 18.4 Å². The number of rotatable bonds is 11. The Morgan fingerprint density at radius 3 is 2.18 bits per heavy atom. The van der Waals surface area contributed by atoms with Crippen molar-refractivity contribution < 1.29 is 22.4 Å². The van der Waals surface area contributed by atoms with Crippen molar-refractivity contribution >= 4 is 27.5 Å². The molecule has 9 heteroatoms. The molecule has 2 aromatic rings. The fourth-order valence-corrected chi connectivity index (χ4v) is 4.38. The monoisotopic (exact) mass is 477 g/mol. The van der Waals surface area contributed by atoms with Crippen LogP contribution in [0.25, 0.3) is 0 Å². The second-order valence-corrected chi connectivity index (χ2v) is 10.0. The summed E-state index contributed by atoms with van der Waals surface area (Å²) in [6.45, 7) is 5.04. The summed E-state index contributed by atoms with van der Waals surface area (Å²) in [6, 6.07) is 14.0. The van der Waals surface area contributed by atoms with E-state index in [9.17, 15) is 22.4 Å². The van der Waals surface area contributed by atoms with Crippen molar-refractivity contribution in [1.82, 2.24) is 10.2 Å². The van der Waals surface area contributed by atoms with Gasteiger partial charge in [0.05, 0.1) is 11.9 Å². The molecule has 2 amide bonds. The van der Waals surface area contributed by atoms with E-state index in [0.29, 0.717) is 12.8 Å². The fourth-order valence-electron chi connectivity index (χ4n) is 3.53. The van der Waals surface area contributed by atoms with E-state index >= 15 is 0 Å². The zero-order valence-corrected chi connectivity index (χ0v) is 20.3. The van der Waals surface area contributed by atoms with Crippen LogP contribution < -0.4 is 9.62 Å². The van der Waals surface area contributed by atoms with Crippen LogP contribution in [0.5, 0.6) is 0 Å². The molecule has 0 spiro atoms. The van der Waals surface area contributed by atoms with E-state index in [-0.39, 0.29) is 24.2 Å². The molecule has 2 aromatic carbocycles. The molecule has 0 aliphatic rings. The van der Waals surface area contributed by atoms with Gasteiger partial charge >= 0.3 is 0 Å². The molecule has 0 saturated carbocycles. The van der Waals surface area contributed by atoms with Crippen LogP contribution in [0, 0.1) is 5.82 Å². The molecule has 33 heavy (non-hydrogen) atoms. The summed E-state index contributed by atoms with van der Waals surface area (Å²) in [5, 5.41) is 2.83. The van der Waals surface area contributed by atoms with Crippen molar-refractivity contribution in [2.75, 3.05) is 23.7 Å². The van der Waals surface area contributed by atoms with Gasteiger partial charge in [-0.1, -0.05) is 49.4 Å². The second-order valence-electron chi connectivity index (χ2n) is 8.13. The van der Waals surface area contributed by atoms with E-state index in [1.165, 1.54) is 23.1 Å². The Morgan fingerprint density at radius 2 is 1.64 bits per heavy atom. The number of anilines is 1. The van der Waals surface area contributed by atoms with E-state index in [4.69, 9.17) is 0 Å². The normalized spacial score (nSPS) is 12.3. The first kappa shape index (κ1) is 26.3. The summed E-state index contributed by atoms with van der Waals surface area (Å²) in [6.07, 6.45) is 1.75. The lowest BCUT2D eigenvalue weighted by atomic mass is 10.1. The van der Waals surface area contributed by atoms with Crippen LogP contribution in [0.1, 0.15) is 32.8 Å². The number of amides is 2. The third-order valence-electron chi connectivity index (χ3n) is 5.10. The zero-order valence-electron chi connectivity index (χ0n) is 19.5. The SMILES string of the molecule is CC[C@@H](C(=O)NC(C)C)N(CCc1ccccc1)C(=O)CN(c1ccccc1F)S(C)(=O)=O. The highest BCUT2D eigenvalue weighted by Gasteiger charge is 2.32. The second kappa shape index (κ2) is 11.8. The smallest absolute Gasteiger partial charge is 0.244 e. The van der Waals surface area contributed by atoms with Gasteiger partial charge in [0.25, 0.3) is 0 Å². The highest BCUT2D eigenvalue weighted by Crippen LogP contribution is 2.22. The van der Waals surface area contributed by atoms with Crippen molar-refractivity contribution in [1.29, 1.82) is 0 Å². The molecule has 0 aliphatic heterocycles. The Labute approximate surface area is 195 Å². The van der Waals surface area contributed by atoms with Gasteiger partial charge in [-0.3, -0.25) is 13.9 Å². The van der Waals surface area contributed by atoms with E-state index in [0.717, 1.165) is 22.2 Å². The summed E-state index contributed by atoms with van der Waals surface area (Å²) in [4.78, 5) is 27.7. The Balaban J connectivity index is 2.37. The van der Waals surface area contributed by atoms with Crippen molar-refractivity contribution in [3.63, 3.8) is 0 Å². The number of nitrogens with zero attached hydrogens (tertiary/aromatic N) is 2. The van der Waals surface area contributed by atoms with Gasteiger partial charge in [-0.05, 0) is 44.4 Å². The number of benzene rings is 2. The summed E-state index contributed by atoms with van der Waals surface area (Å²) in [5.41, 5.74) is 0.763. The number of sulfonamides is 1. The van der Waals surface area contributed by atoms with Gasteiger partial charge in [0.15, 0.2) is 0 Å². The van der Waals surface area contributed by atoms with Crippen LogP contribution in [0.15, 0.2) is 54.6 Å². The average molecular weight is 478 g/mol. The highest BCUT2D eigenvalue weighted by molar-refractivity contribution is 7.92. The molecule has 1 atom stereocenters. The topological polar surface area (TPSA) is 86.8 Å². The Hall–Kier alpha value is -2.94. The molecule has 0 unspecified atom stereocenters. The number of para-hydroxylation sites is 1. The lowest BCUT2D eigenvalue weighted by molar-refractivity contribution is -0.139. The van der Waals surface area contributed by atoms with Gasteiger partial charge < -0.3 is 10.2 Å². The third kappa shape index (κ3) is 7.56. The molecule has 0 bridgehead atoms. The van der Waals surface area contributed by atoms with Crippen LogP contribution in [0.2, 0.25) is 0 Å². The average Bonchev–Trinajstić information content (AvgIpc) is 2.74. The maximum absolute atomic E-state index is 14.4. The standard InChI is InChI=1S/C24H32FN3O4S/c1-5-21(24(30)26-18(2)3)27(16-15-19-11-7-6-8-12-19)23(29)17-28(33(4,31)32)22-14-10-9-13-20(22)25/h6-14,18,21H,5,15-17H2,1-4H3,(H,26,30)/t21-/m0/s1. The molecule has 0 fully saturated rings. The molecule has 0 saturated heterocycles. The molecular formula is C24H32FN3O4S. The van der Waals surface area contributed by atoms with Gasteiger partial charge in [-0.15, -0.1) is 0 Å². The van der Waals surface area contributed by atoms with Crippen LogP contribution in [0.4, 0.5) is 10.1 Å². The number of hydrogen-bond acceptors (Lipinski definition) is 4. The minimum atomic E-state index is -3.96. The molecule has 2 rings (SSSR count). The first-order chi connectivity index (χ1) is 15.5. The highest BCUT2D eigenvalue weighted by atomic mass is 32.2. The number of carbonyl (C=O) groups excluding carboxylic acids is 2. The summed E-state index contributed by atoms with van der Waals surface area (Å²) in [5.74, 6) is -1.65. The Morgan fingerprint density at radius 1 is 1.03 bits per heavy atom. The third-order valence-corrected chi connectivity index (χ3v) is 6.23. The van der Waals surface area contributed by atoms with Crippen LogP contribution >= 0.6 is 0 Å². The molecule has 180 valence electrons. The zero-order chi connectivity index (χ0) is 24.6. The summed E-state index contributed by atoms with van der Waals surface area (Å²) >= 11 is 0. The molecule has 0 radical (unpaired) electrons. The predicted molar refractivity (Wildman–Crippen MR) is 128 cm³/mol. The Bertz CT molecular complexity index is 1040. The van der Waals surface area contributed by atoms with Gasteiger partial charge in [-0.25, -0.2) is 12.8 Å².